The lowest BCUT2D eigenvalue weighted by Crippen LogP contribution is -2.20. The van der Waals surface area contributed by atoms with E-state index in [-0.39, 0.29) is 5.57 Å². The number of carbonyl (C=O) groups is 2. The average Bonchev–Trinajstić information content (AvgIpc) is 3.08. The van der Waals surface area contributed by atoms with Gasteiger partial charge in [0.05, 0.1) is 0 Å². The van der Waals surface area contributed by atoms with Crippen LogP contribution in [0.2, 0.25) is 0 Å². The molecule has 0 saturated heterocycles. The Kier molecular flexibility index (Phi) is 10.9. The van der Waals surface area contributed by atoms with Crippen molar-refractivity contribution in [2.24, 2.45) is 0 Å². The molecule has 0 amide bonds. The van der Waals surface area contributed by atoms with Crippen LogP contribution in [0, 0.1) is 11.8 Å². The van der Waals surface area contributed by atoms with Crippen LogP contribution in [0.1, 0.15) is 95.3 Å². The number of esters is 2. The first kappa shape index (κ1) is 24.7. The molecule has 0 aromatic heterocycles. The Balaban J connectivity index is 1.93. The van der Waals surface area contributed by atoms with E-state index >= 15 is 0 Å². The van der Waals surface area contributed by atoms with Crippen LogP contribution in [-0.2, 0) is 19.1 Å². The van der Waals surface area contributed by atoms with Gasteiger partial charge in [0.2, 0.25) is 6.29 Å². The minimum atomic E-state index is -1.43. The fourth-order valence-electron chi connectivity index (χ4n) is 3.62. The summed E-state index contributed by atoms with van der Waals surface area (Å²) in [5.41, 5.74) is 1.53. The zero-order valence-electron chi connectivity index (χ0n) is 18.7. The molecule has 1 aliphatic rings. The molecule has 31 heavy (non-hydrogen) atoms. The molecule has 1 aromatic carbocycles. The first-order valence-electron chi connectivity index (χ1n) is 11.4. The number of cyclic esters (lactones) is 1. The Morgan fingerprint density at radius 1 is 1.10 bits per heavy atom. The fourth-order valence-corrected chi connectivity index (χ4v) is 3.62. The van der Waals surface area contributed by atoms with Gasteiger partial charge in [-0.25, -0.2) is 4.79 Å². The third-order valence-corrected chi connectivity index (χ3v) is 5.26. The van der Waals surface area contributed by atoms with Gasteiger partial charge in [-0.1, -0.05) is 88.3 Å². The number of benzene rings is 1. The summed E-state index contributed by atoms with van der Waals surface area (Å²) in [5.74, 6) is 5.20. The molecule has 5 nitrogen and oxygen atoms in total. The van der Waals surface area contributed by atoms with Gasteiger partial charge in [-0.15, -0.1) is 0 Å². The summed E-state index contributed by atoms with van der Waals surface area (Å²) in [6, 6.07) is 7.30. The molecule has 0 radical (unpaired) electrons. The summed E-state index contributed by atoms with van der Waals surface area (Å²) in [7, 11) is 0. The lowest BCUT2D eigenvalue weighted by molar-refractivity contribution is -0.154. The van der Waals surface area contributed by atoms with Gasteiger partial charge in [-0.3, -0.25) is 4.79 Å². The molecule has 0 aliphatic carbocycles. The number of rotatable bonds is 12. The quantitative estimate of drug-likeness (QED) is 0.276. The highest BCUT2D eigenvalue weighted by Gasteiger charge is 2.34. The molecule has 1 heterocycles. The molecular weight excluding hydrogens is 392 g/mol. The smallest absolute Gasteiger partial charge is 0.333 e. The van der Waals surface area contributed by atoms with Crippen molar-refractivity contribution in [3.63, 3.8) is 0 Å². The maximum atomic E-state index is 11.6. The number of aliphatic hydroxyl groups excluding tert-OH is 1. The van der Waals surface area contributed by atoms with E-state index in [2.05, 4.69) is 18.8 Å². The molecule has 0 bridgehead atoms. The molecule has 5 heteroatoms. The molecule has 1 aliphatic heterocycles. The minimum Gasteiger partial charge on any atom is -0.453 e. The zero-order valence-corrected chi connectivity index (χ0v) is 18.7. The standard InChI is InChI=1S/C26H34O5/c1-3-4-5-6-7-8-9-10-11-12-13-16-21-17-14-15-18-22(21)25(30-20(2)27)23-19-24(28)31-26(23)29/h14-15,17-19,25-26,29H,3-12H2,1-2H3. The molecule has 1 N–H and O–H groups in total. The zero-order chi connectivity index (χ0) is 22.5. The Morgan fingerprint density at radius 3 is 2.35 bits per heavy atom. The van der Waals surface area contributed by atoms with Crippen LogP contribution in [-0.4, -0.2) is 23.3 Å². The average molecular weight is 427 g/mol. The lowest BCUT2D eigenvalue weighted by Gasteiger charge is -2.21. The number of hydrogen-bond acceptors (Lipinski definition) is 5. The van der Waals surface area contributed by atoms with E-state index in [1.807, 2.05) is 18.2 Å². The van der Waals surface area contributed by atoms with Crippen molar-refractivity contribution in [1.82, 2.24) is 0 Å². The van der Waals surface area contributed by atoms with Gasteiger partial charge < -0.3 is 14.6 Å². The first-order chi connectivity index (χ1) is 15.0. The van der Waals surface area contributed by atoms with E-state index in [1.54, 1.807) is 6.07 Å². The highest BCUT2D eigenvalue weighted by molar-refractivity contribution is 5.86. The SMILES string of the molecule is CCCCCCCCCCCC#Cc1ccccc1C(OC(C)=O)C1=CC(=O)OC1O. The lowest BCUT2D eigenvalue weighted by atomic mass is 9.96. The summed E-state index contributed by atoms with van der Waals surface area (Å²) < 4.78 is 10.2. The number of carbonyl (C=O) groups excluding carboxylic acids is 2. The second-order valence-electron chi connectivity index (χ2n) is 7.89. The Labute approximate surface area is 185 Å². The number of hydrogen-bond donors (Lipinski definition) is 1. The third-order valence-electron chi connectivity index (χ3n) is 5.26. The molecule has 1 aromatic rings. The van der Waals surface area contributed by atoms with Crippen LogP contribution in [0.25, 0.3) is 0 Å². The van der Waals surface area contributed by atoms with E-state index in [9.17, 15) is 14.7 Å². The topological polar surface area (TPSA) is 72.8 Å². The maximum absolute atomic E-state index is 11.6. The highest BCUT2D eigenvalue weighted by Crippen LogP contribution is 2.33. The highest BCUT2D eigenvalue weighted by atomic mass is 16.6. The van der Waals surface area contributed by atoms with Gasteiger partial charge in [0.25, 0.3) is 0 Å². The van der Waals surface area contributed by atoms with Gasteiger partial charge in [0.15, 0.2) is 6.10 Å². The number of ether oxygens (including phenoxy) is 2. The minimum absolute atomic E-state index is 0.202. The van der Waals surface area contributed by atoms with E-state index < -0.39 is 24.3 Å². The van der Waals surface area contributed by atoms with Crippen LogP contribution in [0.15, 0.2) is 35.9 Å². The van der Waals surface area contributed by atoms with E-state index in [1.165, 1.54) is 64.4 Å². The predicted molar refractivity (Wildman–Crippen MR) is 120 cm³/mol. The molecule has 0 fully saturated rings. The van der Waals surface area contributed by atoms with Crippen molar-refractivity contribution >= 4 is 11.9 Å². The Bertz CT molecular complexity index is 815. The molecular formula is C26H34O5. The molecule has 2 atom stereocenters. The third kappa shape index (κ3) is 8.59. The second kappa shape index (κ2) is 13.7. The second-order valence-corrected chi connectivity index (χ2v) is 7.89. The van der Waals surface area contributed by atoms with Crippen LogP contribution in [0.4, 0.5) is 0 Å². The normalized spacial score (nSPS) is 16.2. The van der Waals surface area contributed by atoms with E-state index in [0.717, 1.165) is 12.8 Å². The van der Waals surface area contributed by atoms with Crippen LogP contribution in [0.5, 0.6) is 0 Å². The molecule has 2 rings (SSSR count). The summed E-state index contributed by atoms with van der Waals surface area (Å²) in [4.78, 5) is 23.2. The largest absolute Gasteiger partial charge is 0.453 e. The van der Waals surface area contributed by atoms with Crippen LogP contribution in [0.3, 0.4) is 0 Å². The first-order valence-corrected chi connectivity index (χ1v) is 11.4. The summed E-state index contributed by atoms with van der Waals surface area (Å²) in [5, 5.41) is 10.0. The summed E-state index contributed by atoms with van der Waals surface area (Å²) >= 11 is 0. The molecule has 2 unspecified atom stereocenters. The molecule has 168 valence electrons. The van der Waals surface area contributed by atoms with Crippen LogP contribution >= 0.6 is 0 Å². The van der Waals surface area contributed by atoms with Gasteiger partial charge in [0, 0.05) is 36.1 Å². The van der Waals surface area contributed by atoms with Crippen molar-refractivity contribution < 1.29 is 24.2 Å². The van der Waals surface area contributed by atoms with Crippen molar-refractivity contribution in [3.05, 3.63) is 47.0 Å². The monoisotopic (exact) mass is 426 g/mol. The van der Waals surface area contributed by atoms with Crippen molar-refractivity contribution in [2.45, 2.75) is 90.4 Å². The Hall–Kier alpha value is -2.58. The fraction of sp³-hybridized carbons (Fsp3) is 0.538. The number of aliphatic hydroxyl groups is 1. The van der Waals surface area contributed by atoms with E-state index in [4.69, 9.17) is 9.47 Å². The maximum Gasteiger partial charge on any atom is 0.333 e. The van der Waals surface area contributed by atoms with Crippen molar-refractivity contribution in [3.8, 4) is 11.8 Å². The van der Waals surface area contributed by atoms with Gasteiger partial charge >= 0.3 is 11.9 Å². The van der Waals surface area contributed by atoms with Crippen molar-refractivity contribution in [2.75, 3.05) is 0 Å². The predicted octanol–water partition coefficient (Wildman–Crippen LogP) is 5.36. The summed E-state index contributed by atoms with van der Waals surface area (Å²) in [6.07, 6.45) is 11.0. The number of unbranched alkanes of at least 4 members (excludes halogenated alkanes) is 9. The Morgan fingerprint density at radius 2 is 1.74 bits per heavy atom. The summed E-state index contributed by atoms with van der Waals surface area (Å²) in [6.45, 7) is 3.52. The van der Waals surface area contributed by atoms with Crippen LogP contribution < -0.4 is 0 Å². The van der Waals surface area contributed by atoms with Gasteiger partial charge in [-0.2, -0.15) is 0 Å². The van der Waals surface area contributed by atoms with Gasteiger partial charge in [-0.05, 0) is 12.5 Å². The van der Waals surface area contributed by atoms with Gasteiger partial charge in [0.1, 0.15) is 0 Å². The molecule has 0 spiro atoms. The molecule has 0 saturated carbocycles. The van der Waals surface area contributed by atoms with Crippen molar-refractivity contribution in [1.29, 1.82) is 0 Å². The van der Waals surface area contributed by atoms with E-state index in [0.29, 0.717) is 11.1 Å².